The van der Waals surface area contributed by atoms with E-state index in [0.29, 0.717) is 12.0 Å². The summed E-state index contributed by atoms with van der Waals surface area (Å²) in [4.78, 5) is 64.4. The molecule has 2 atom stereocenters. The van der Waals surface area contributed by atoms with Gasteiger partial charge >= 0.3 is 11.9 Å². The lowest BCUT2D eigenvalue weighted by Gasteiger charge is -2.25. The van der Waals surface area contributed by atoms with E-state index in [-0.39, 0.29) is 23.5 Å². The Labute approximate surface area is 203 Å². The minimum Gasteiger partial charge on any atom is -0.467 e. The predicted octanol–water partition coefficient (Wildman–Crippen LogP) is 2.14. The van der Waals surface area contributed by atoms with Crippen LogP contribution < -0.4 is 5.32 Å². The molecule has 0 fully saturated rings. The van der Waals surface area contributed by atoms with E-state index < -0.39 is 48.4 Å². The fourth-order valence-corrected chi connectivity index (χ4v) is 3.90. The Bertz CT molecular complexity index is 1080. The molecular formula is C26H28N2O7. The first kappa shape index (κ1) is 25.6. The second-order valence-corrected chi connectivity index (χ2v) is 8.61. The third kappa shape index (κ3) is 6.11. The van der Waals surface area contributed by atoms with Crippen LogP contribution in [0.3, 0.4) is 0 Å². The fraction of sp³-hybridized carbons (Fsp3) is 0.346. The number of rotatable bonds is 10. The van der Waals surface area contributed by atoms with Crippen LogP contribution in [0, 0.1) is 5.92 Å². The highest BCUT2D eigenvalue weighted by Gasteiger charge is 2.43. The summed E-state index contributed by atoms with van der Waals surface area (Å²) in [7, 11) is 1.22. The summed E-state index contributed by atoms with van der Waals surface area (Å²) in [5.74, 6) is -3.31. The van der Waals surface area contributed by atoms with E-state index in [1.54, 1.807) is 42.5 Å². The minimum atomic E-state index is -1.27. The summed E-state index contributed by atoms with van der Waals surface area (Å²) >= 11 is 0. The van der Waals surface area contributed by atoms with Crippen molar-refractivity contribution >= 4 is 29.7 Å². The molecule has 0 radical (unpaired) electrons. The molecule has 0 saturated carbocycles. The Morgan fingerprint density at radius 3 is 2.00 bits per heavy atom. The van der Waals surface area contributed by atoms with Gasteiger partial charge in [-0.1, -0.05) is 56.3 Å². The molecule has 9 heteroatoms. The Balaban J connectivity index is 1.75. The first-order valence-electron chi connectivity index (χ1n) is 11.3. The van der Waals surface area contributed by atoms with E-state index >= 15 is 0 Å². The number of carbonyl (C=O) groups excluding carboxylic acids is 5. The molecule has 0 aromatic heterocycles. The number of nitrogens with one attached hydrogen (secondary N) is 1. The van der Waals surface area contributed by atoms with Crippen LogP contribution in [-0.2, 0) is 30.3 Å². The molecule has 184 valence electrons. The molecule has 9 nitrogen and oxygen atoms in total. The van der Waals surface area contributed by atoms with Gasteiger partial charge in [0.2, 0.25) is 0 Å². The van der Waals surface area contributed by atoms with E-state index in [1.165, 1.54) is 19.2 Å². The molecule has 2 aromatic carbocycles. The van der Waals surface area contributed by atoms with Crippen LogP contribution in [-0.4, -0.2) is 60.4 Å². The van der Waals surface area contributed by atoms with Gasteiger partial charge in [-0.25, -0.2) is 9.59 Å². The Morgan fingerprint density at radius 1 is 0.886 bits per heavy atom. The van der Waals surface area contributed by atoms with Crippen LogP contribution in [0.2, 0.25) is 0 Å². The monoisotopic (exact) mass is 480 g/mol. The van der Waals surface area contributed by atoms with Crippen molar-refractivity contribution < 1.29 is 33.4 Å². The zero-order valence-electron chi connectivity index (χ0n) is 19.9. The van der Waals surface area contributed by atoms with Gasteiger partial charge in [0.25, 0.3) is 17.7 Å². The molecule has 3 amide bonds. The maximum Gasteiger partial charge on any atom is 0.330 e. The van der Waals surface area contributed by atoms with Crippen molar-refractivity contribution in [3.8, 4) is 0 Å². The van der Waals surface area contributed by atoms with Crippen LogP contribution in [0.15, 0.2) is 54.6 Å². The topological polar surface area (TPSA) is 119 Å². The number of methoxy groups -OCH3 is 1. The molecule has 0 aliphatic carbocycles. The van der Waals surface area contributed by atoms with Gasteiger partial charge < -0.3 is 14.8 Å². The van der Waals surface area contributed by atoms with E-state index in [2.05, 4.69) is 5.32 Å². The Kier molecular flexibility index (Phi) is 8.35. The number of amides is 3. The van der Waals surface area contributed by atoms with E-state index in [1.807, 2.05) is 13.8 Å². The van der Waals surface area contributed by atoms with Crippen LogP contribution in [0.25, 0.3) is 0 Å². The largest absolute Gasteiger partial charge is 0.467 e. The van der Waals surface area contributed by atoms with Crippen molar-refractivity contribution in [2.24, 2.45) is 5.92 Å². The van der Waals surface area contributed by atoms with E-state index in [4.69, 9.17) is 9.47 Å². The predicted molar refractivity (Wildman–Crippen MR) is 125 cm³/mol. The second-order valence-electron chi connectivity index (χ2n) is 8.61. The van der Waals surface area contributed by atoms with Gasteiger partial charge in [0.1, 0.15) is 12.1 Å². The maximum atomic E-state index is 13.1. The first-order chi connectivity index (χ1) is 16.7. The number of carbonyl (C=O) groups is 5. The van der Waals surface area contributed by atoms with Gasteiger partial charge in [0.05, 0.1) is 18.2 Å². The molecular weight excluding hydrogens is 452 g/mol. The lowest BCUT2D eigenvalue weighted by atomic mass is 10.0. The highest BCUT2D eigenvalue weighted by atomic mass is 16.5. The van der Waals surface area contributed by atoms with Crippen LogP contribution in [0.5, 0.6) is 0 Å². The molecule has 1 aliphatic heterocycles. The SMILES string of the molecule is COC(=O)[C@H](CC(C)C)NC(=O)COC(=O)[C@H](Cc1ccccc1)N1C(=O)c2ccccc2C1=O. The molecule has 0 saturated heterocycles. The van der Waals surface area contributed by atoms with Crippen molar-refractivity contribution in [3.05, 3.63) is 71.3 Å². The molecule has 35 heavy (non-hydrogen) atoms. The van der Waals surface area contributed by atoms with Crippen molar-refractivity contribution in [2.45, 2.75) is 38.8 Å². The van der Waals surface area contributed by atoms with Crippen molar-refractivity contribution in [1.29, 1.82) is 0 Å². The number of nitrogens with zero attached hydrogens (tertiary/aromatic N) is 1. The van der Waals surface area contributed by atoms with Gasteiger partial charge in [-0.3, -0.25) is 19.3 Å². The van der Waals surface area contributed by atoms with Crippen LogP contribution in [0.1, 0.15) is 46.5 Å². The molecule has 0 unspecified atom stereocenters. The molecule has 1 heterocycles. The fourth-order valence-electron chi connectivity index (χ4n) is 3.90. The van der Waals surface area contributed by atoms with Crippen molar-refractivity contribution in [1.82, 2.24) is 10.2 Å². The first-order valence-corrected chi connectivity index (χ1v) is 11.3. The molecule has 3 rings (SSSR count). The van der Waals surface area contributed by atoms with Gasteiger partial charge in [-0.15, -0.1) is 0 Å². The molecule has 1 aliphatic rings. The second kappa shape index (κ2) is 11.4. The summed E-state index contributed by atoms with van der Waals surface area (Å²) in [6, 6.07) is 13.0. The average Bonchev–Trinajstić information content (AvgIpc) is 3.10. The molecule has 2 aromatic rings. The summed E-state index contributed by atoms with van der Waals surface area (Å²) in [5, 5.41) is 2.51. The summed E-state index contributed by atoms with van der Waals surface area (Å²) < 4.78 is 9.94. The zero-order chi connectivity index (χ0) is 25.5. The number of ether oxygens (including phenoxy) is 2. The number of esters is 2. The van der Waals surface area contributed by atoms with Crippen LogP contribution >= 0.6 is 0 Å². The van der Waals surface area contributed by atoms with E-state index in [0.717, 1.165) is 4.90 Å². The smallest absolute Gasteiger partial charge is 0.330 e. The lowest BCUT2D eigenvalue weighted by molar-refractivity contribution is -0.153. The third-order valence-corrected chi connectivity index (χ3v) is 5.55. The third-order valence-electron chi connectivity index (χ3n) is 5.55. The number of hydrogen-bond acceptors (Lipinski definition) is 7. The maximum absolute atomic E-state index is 13.1. The summed E-state index contributed by atoms with van der Waals surface area (Å²) in [5.41, 5.74) is 1.12. The highest BCUT2D eigenvalue weighted by molar-refractivity contribution is 6.22. The summed E-state index contributed by atoms with van der Waals surface area (Å²) in [6.45, 7) is 3.09. The number of benzene rings is 2. The van der Waals surface area contributed by atoms with Crippen LogP contribution in [0.4, 0.5) is 0 Å². The van der Waals surface area contributed by atoms with Gasteiger partial charge in [-0.2, -0.15) is 0 Å². The van der Waals surface area contributed by atoms with Gasteiger partial charge in [0.15, 0.2) is 6.61 Å². The van der Waals surface area contributed by atoms with Gasteiger partial charge in [-0.05, 0) is 30.0 Å². The van der Waals surface area contributed by atoms with E-state index in [9.17, 15) is 24.0 Å². The minimum absolute atomic E-state index is 0.0187. The standard InChI is InChI=1S/C26H28N2O7/c1-16(2)13-20(25(32)34-3)27-22(29)15-35-26(33)21(14-17-9-5-4-6-10-17)28-23(30)18-11-7-8-12-19(18)24(28)31/h4-12,16,20-21H,13-15H2,1-3H3,(H,27,29)/t20-,21-/m0/s1. The normalized spacial score (nSPS) is 14.3. The zero-order valence-corrected chi connectivity index (χ0v) is 19.9. The molecule has 1 N–H and O–H groups in total. The van der Waals surface area contributed by atoms with Gasteiger partial charge in [0, 0.05) is 6.42 Å². The highest BCUT2D eigenvalue weighted by Crippen LogP contribution is 2.26. The quantitative estimate of drug-likeness (QED) is 0.409. The lowest BCUT2D eigenvalue weighted by Crippen LogP contribution is -2.48. The number of hydrogen-bond donors (Lipinski definition) is 1. The Morgan fingerprint density at radius 2 is 1.46 bits per heavy atom. The molecule has 0 spiro atoms. The number of fused-ring (bicyclic) bond motifs is 1. The summed E-state index contributed by atoms with van der Waals surface area (Å²) in [6.07, 6.45) is 0.364. The van der Waals surface area contributed by atoms with Crippen molar-refractivity contribution in [2.75, 3.05) is 13.7 Å². The van der Waals surface area contributed by atoms with Crippen molar-refractivity contribution in [3.63, 3.8) is 0 Å². The number of imide groups is 1. The average molecular weight is 481 g/mol. The molecule has 0 bridgehead atoms. The Hall–Kier alpha value is -4.01.